The largest absolute Gasteiger partial charge is 0.484 e. The number of nitrogens with two attached hydrogens (primary N) is 1. The van der Waals surface area contributed by atoms with Gasteiger partial charge in [-0.05, 0) is 43.5 Å². The number of aryl methyl sites for hydroxylation is 1. The number of primary amides is 1. The highest BCUT2D eigenvalue weighted by atomic mass is 16.5. The Bertz CT molecular complexity index is 537. The lowest BCUT2D eigenvalue weighted by atomic mass is 10.2. The monoisotopic (exact) mass is 305 g/mol. The lowest BCUT2D eigenvalue weighted by molar-refractivity contribution is -0.119. The molecule has 2 rings (SSSR count). The van der Waals surface area contributed by atoms with Crippen molar-refractivity contribution in [3.05, 3.63) is 23.8 Å². The molecule has 0 saturated carbocycles. The molecule has 1 heterocycles. The average molecular weight is 305 g/mol. The van der Waals surface area contributed by atoms with Crippen LogP contribution in [0.5, 0.6) is 5.75 Å². The Hall–Kier alpha value is -2.24. The standard InChI is InChI=1S/C16H23N3O3/c1-12-10-13(22-11-15(17)20)6-7-14(12)18-16(21)19-8-4-2-3-5-9-19/h6-7,10H,2-5,8-9,11H2,1H3,(H2,17,20)(H,18,21). The van der Waals surface area contributed by atoms with Crippen molar-refractivity contribution < 1.29 is 14.3 Å². The maximum atomic E-state index is 12.3. The number of hydrogen-bond acceptors (Lipinski definition) is 3. The smallest absolute Gasteiger partial charge is 0.321 e. The Morgan fingerprint density at radius 2 is 1.91 bits per heavy atom. The number of amides is 3. The van der Waals surface area contributed by atoms with E-state index >= 15 is 0 Å². The number of hydrogen-bond donors (Lipinski definition) is 2. The van der Waals surface area contributed by atoms with Crippen LogP contribution in [0.3, 0.4) is 0 Å². The molecule has 1 aromatic rings. The van der Waals surface area contributed by atoms with Crippen molar-refractivity contribution in [1.82, 2.24) is 4.90 Å². The van der Waals surface area contributed by atoms with Crippen molar-refractivity contribution in [3.8, 4) is 5.75 Å². The van der Waals surface area contributed by atoms with Gasteiger partial charge in [-0.1, -0.05) is 12.8 Å². The third-order valence-electron chi connectivity index (χ3n) is 3.71. The van der Waals surface area contributed by atoms with Crippen molar-refractivity contribution >= 4 is 17.6 Å². The quantitative estimate of drug-likeness (QED) is 0.895. The van der Waals surface area contributed by atoms with E-state index in [-0.39, 0.29) is 12.6 Å². The fraction of sp³-hybridized carbons (Fsp3) is 0.500. The highest BCUT2D eigenvalue weighted by molar-refractivity contribution is 5.90. The molecule has 6 heteroatoms. The lowest BCUT2D eigenvalue weighted by Gasteiger charge is -2.21. The summed E-state index contributed by atoms with van der Waals surface area (Å²) in [6, 6.07) is 5.21. The molecule has 120 valence electrons. The predicted molar refractivity (Wildman–Crippen MR) is 84.9 cm³/mol. The van der Waals surface area contributed by atoms with Gasteiger partial charge in [0.25, 0.3) is 5.91 Å². The van der Waals surface area contributed by atoms with E-state index in [1.165, 1.54) is 12.8 Å². The number of nitrogens with one attached hydrogen (secondary N) is 1. The number of nitrogens with zero attached hydrogens (tertiary/aromatic N) is 1. The molecular weight excluding hydrogens is 282 g/mol. The first-order chi connectivity index (χ1) is 10.6. The number of carbonyl (C=O) groups excluding carboxylic acids is 2. The molecule has 0 bridgehead atoms. The minimum Gasteiger partial charge on any atom is -0.484 e. The SMILES string of the molecule is Cc1cc(OCC(N)=O)ccc1NC(=O)N1CCCCCC1. The first-order valence-corrected chi connectivity index (χ1v) is 7.64. The van der Waals surface area contributed by atoms with E-state index in [2.05, 4.69) is 5.32 Å². The molecule has 0 aromatic heterocycles. The van der Waals surface area contributed by atoms with Crippen molar-refractivity contribution in [2.24, 2.45) is 5.73 Å². The second kappa shape index (κ2) is 7.68. The van der Waals surface area contributed by atoms with Crippen LogP contribution in [0.2, 0.25) is 0 Å². The van der Waals surface area contributed by atoms with Crippen LogP contribution in [-0.2, 0) is 4.79 Å². The van der Waals surface area contributed by atoms with E-state index in [1.54, 1.807) is 18.2 Å². The first kappa shape index (κ1) is 16.1. The van der Waals surface area contributed by atoms with Crippen LogP contribution in [0.15, 0.2) is 18.2 Å². The van der Waals surface area contributed by atoms with E-state index in [4.69, 9.17) is 10.5 Å². The van der Waals surface area contributed by atoms with Gasteiger partial charge in [-0.2, -0.15) is 0 Å². The normalized spacial score (nSPS) is 15.0. The summed E-state index contributed by atoms with van der Waals surface area (Å²) in [7, 11) is 0. The molecule has 3 N–H and O–H groups in total. The maximum Gasteiger partial charge on any atom is 0.321 e. The third-order valence-corrected chi connectivity index (χ3v) is 3.71. The molecule has 3 amide bonds. The van der Waals surface area contributed by atoms with Gasteiger partial charge in [0.1, 0.15) is 5.75 Å². The van der Waals surface area contributed by atoms with Crippen LogP contribution in [0, 0.1) is 6.92 Å². The zero-order valence-corrected chi connectivity index (χ0v) is 12.9. The summed E-state index contributed by atoms with van der Waals surface area (Å²) < 4.78 is 5.24. The predicted octanol–water partition coefficient (Wildman–Crippen LogP) is 2.27. The van der Waals surface area contributed by atoms with Crippen molar-refractivity contribution in [1.29, 1.82) is 0 Å². The van der Waals surface area contributed by atoms with Gasteiger partial charge in [0, 0.05) is 18.8 Å². The number of ether oxygens (including phenoxy) is 1. The van der Waals surface area contributed by atoms with Crippen LogP contribution in [0.4, 0.5) is 10.5 Å². The molecule has 0 radical (unpaired) electrons. The van der Waals surface area contributed by atoms with Crippen LogP contribution in [0.1, 0.15) is 31.2 Å². The van der Waals surface area contributed by atoms with Gasteiger partial charge in [0.15, 0.2) is 6.61 Å². The maximum absolute atomic E-state index is 12.3. The molecule has 1 fully saturated rings. The molecule has 1 saturated heterocycles. The number of rotatable bonds is 4. The fourth-order valence-corrected chi connectivity index (χ4v) is 2.49. The summed E-state index contributed by atoms with van der Waals surface area (Å²) in [5, 5.41) is 2.94. The Balaban J connectivity index is 1.96. The number of benzene rings is 1. The van der Waals surface area contributed by atoms with Crippen LogP contribution in [-0.4, -0.2) is 36.5 Å². The van der Waals surface area contributed by atoms with E-state index in [0.29, 0.717) is 5.75 Å². The lowest BCUT2D eigenvalue weighted by Crippen LogP contribution is -2.35. The molecule has 1 aliphatic rings. The summed E-state index contributed by atoms with van der Waals surface area (Å²) in [5.41, 5.74) is 6.67. The molecule has 0 unspecified atom stereocenters. The number of likely N-dealkylation sites (tertiary alicyclic amines) is 1. The highest BCUT2D eigenvalue weighted by Crippen LogP contribution is 2.22. The van der Waals surface area contributed by atoms with Crippen molar-refractivity contribution in [3.63, 3.8) is 0 Å². The number of urea groups is 1. The topological polar surface area (TPSA) is 84.7 Å². The molecule has 1 aromatic carbocycles. The van der Waals surface area contributed by atoms with Gasteiger partial charge in [-0.15, -0.1) is 0 Å². The van der Waals surface area contributed by atoms with Gasteiger partial charge in [0.05, 0.1) is 0 Å². The van der Waals surface area contributed by atoms with Crippen LogP contribution >= 0.6 is 0 Å². The van der Waals surface area contributed by atoms with Gasteiger partial charge in [-0.25, -0.2) is 4.79 Å². The Morgan fingerprint density at radius 3 is 2.50 bits per heavy atom. The van der Waals surface area contributed by atoms with E-state index < -0.39 is 5.91 Å². The van der Waals surface area contributed by atoms with E-state index in [0.717, 1.165) is 37.2 Å². The first-order valence-electron chi connectivity index (χ1n) is 7.64. The van der Waals surface area contributed by atoms with Crippen molar-refractivity contribution in [2.45, 2.75) is 32.6 Å². The molecule has 0 atom stereocenters. The summed E-state index contributed by atoms with van der Waals surface area (Å²) >= 11 is 0. The third kappa shape index (κ3) is 4.65. The Morgan fingerprint density at radius 1 is 1.23 bits per heavy atom. The summed E-state index contributed by atoms with van der Waals surface area (Å²) in [6.45, 7) is 3.35. The molecule has 22 heavy (non-hydrogen) atoms. The van der Waals surface area contributed by atoms with Gasteiger partial charge in [-0.3, -0.25) is 4.79 Å². The van der Waals surface area contributed by atoms with Gasteiger partial charge < -0.3 is 20.7 Å². The second-order valence-corrected chi connectivity index (χ2v) is 5.56. The van der Waals surface area contributed by atoms with E-state index in [1.807, 2.05) is 11.8 Å². The van der Waals surface area contributed by atoms with Gasteiger partial charge in [0.2, 0.25) is 0 Å². The molecule has 0 aliphatic carbocycles. The molecular formula is C16H23N3O3. The molecule has 1 aliphatic heterocycles. The summed E-state index contributed by atoms with van der Waals surface area (Å²) in [5.74, 6) is 0.0419. The van der Waals surface area contributed by atoms with Crippen molar-refractivity contribution in [2.75, 3.05) is 25.0 Å². The summed E-state index contributed by atoms with van der Waals surface area (Å²) in [6.07, 6.45) is 4.50. The zero-order chi connectivity index (χ0) is 15.9. The second-order valence-electron chi connectivity index (χ2n) is 5.56. The molecule has 6 nitrogen and oxygen atoms in total. The minimum absolute atomic E-state index is 0.0594. The average Bonchev–Trinajstić information content (AvgIpc) is 2.76. The fourth-order valence-electron chi connectivity index (χ4n) is 2.49. The van der Waals surface area contributed by atoms with Gasteiger partial charge >= 0.3 is 6.03 Å². The number of anilines is 1. The van der Waals surface area contributed by atoms with Crippen LogP contribution in [0.25, 0.3) is 0 Å². The number of carbonyl (C=O) groups is 2. The van der Waals surface area contributed by atoms with E-state index in [9.17, 15) is 9.59 Å². The molecule has 0 spiro atoms. The summed E-state index contributed by atoms with van der Waals surface area (Å²) in [4.78, 5) is 24.9. The Kier molecular flexibility index (Phi) is 5.63. The van der Waals surface area contributed by atoms with Crippen LogP contribution < -0.4 is 15.8 Å². The Labute approximate surface area is 130 Å². The highest BCUT2D eigenvalue weighted by Gasteiger charge is 2.16. The minimum atomic E-state index is -0.517. The zero-order valence-electron chi connectivity index (χ0n) is 12.9.